The molecule has 1 aromatic heterocycles. The quantitative estimate of drug-likeness (QED) is 0.802. The van der Waals surface area contributed by atoms with Crippen LogP contribution in [-0.2, 0) is 9.59 Å². The highest BCUT2D eigenvalue weighted by Crippen LogP contribution is 2.23. The van der Waals surface area contributed by atoms with E-state index < -0.39 is 17.7 Å². The largest absolute Gasteiger partial charge is 0.496 e. The summed E-state index contributed by atoms with van der Waals surface area (Å²) in [6, 6.07) is 1.78. The van der Waals surface area contributed by atoms with Crippen molar-refractivity contribution in [2.45, 2.75) is 38.8 Å². The zero-order valence-electron chi connectivity index (χ0n) is 13.8. The molecule has 1 aromatic rings. The highest BCUT2D eigenvalue weighted by molar-refractivity contribution is 8.16. The monoisotopic (exact) mass is 352 g/mol. The molecule has 2 heterocycles. The Labute approximate surface area is 143 Å². The van der Waals surface area contributed by atoms with Crippen LogP contribution in [0.3, 0.4) is 0 Å². The lowest BCUT2D eigenvalue weighted by Gasteiger charge is -2.18. The molecule has 0 saturated heterocycles. The third-order valence-corrected chi connectivity index (χ3v) is 4.64. The van der Waals surface area contributed by atoms with Gasteiger partial charge >= 0.3 is 5.63 Å². The van der Waals surface area contributed by atoms with Gasteiger partial charge in [0.05, 0.1) is 19.2 Å². The summed E-state index contributed by atoms with van der Waals surface area (Å²) in [5.41, 5.74) is -0.534. The van der Waals surface area contributed by atoms with Crippen LogP contribution >= 0.6 is 11.8 Å². The number of thioether (sulfide) groups is 1. The van der Waals surface area contributed by atoms with E-state index in [-0.39, 0.29) is 11.7 Å². The van der Waals surface area contributed by atoms with Crippen LogP contribution in [0.4, 0.5) is 0 Å². The predicted molar refractivity (Wildman–Crippen MR) is 91.7 cm³/mol. The minimum Gasteiger partial charge on any atom is -0.496 e. The summed E-state index contributed by atoms with van der Waals surface area (Å²) in [5.74, 6) is 0.726. The van der Waals surface area contributed by atoms with E-state index in [0.29, 0.717) is 28.7 Å². The van der Waals surface area contributed by atoms with Crippen LogP contribution in [0, 0.1) is 0 Å². The fourth-order valence-corrected chi connectivity index (χ4v) is 3.25. The number of amides is 1. The number of nitrogens with zero attached hydrogens (tertiary/aromatic N) is 1. The van der Waals surface area contributed by atoms with Gasteiger partial charge < -0.3 is 14.5 Å². The number of carbonyl (C=O) groups excluding carboxylic acids is 2. The Kier molecular flexibility index (Phi) is 6.19. The van der Waals surface area contributed by atoms with E-state index in [1.54, 1.807) is 6.07 Å². The van der Waals surface area contributed by atoms with Gasteiger partial charge in [-0.2, -0.15) is 0 Å². The molecule has 0 saturated carbocycles. The number of hydrogen-bond acceptors (Lipinski definition) is 7. The van der Waals surface area contributed by atoms with Crippen LogP contribution in [0.2, 0.25) is 0 Å². The lowest BCUT2D eigenvalue weighted by molar-refractivity contribution is -0.122. The average Bonchev–Trinajstić information content (AvgIpc) is 3.04. The molecule has 24 heavy (non-hydrogen) atoms. The standard InChI is InChI=1S/C16H20N2O5S/c1-4-5-11(13-6-10(22-3)7-14(20)23-13)17-15(21)12-8-24-16(18-12)9(2)19/h6-7,11-12H,4-5,8H2,1-3H3,(H,17,21)/t11-,12+/m1/s1. The number of aliphatic imine (C=N–C) groups is 1. The smallest absolute Gasteiger partial charge is 0.339 e. The van der Waals surface area contributed by atoms with Crippen LogP contribution in [0.15, 0.2) is 26.3 Å². The molecule has 2 atom stereocenters. The Balaban J connectivity index is 2.17. The third kappa shape index (κ3) is 4.47. The second kappa shape index (κ2) is 8.14. The van der Waals surface area contributed by atoms with Gasteiger partial charge in [-0.05, 0) is 6.42 Å². The summed E-state index contributed by atoms with van der Waals surface area (Å²) in [6.07, 6.45) is 1.39. The summed E-state index contributed by atoms with van der Waals surface area (Å²) in [5, 5.41) is 3.23. The molecule has 7 nitrogen and oxygen atoms in total. The van der Waals surface area contributed by atoms with Crippen molar-refractivity contribution >= 4 is 28.5 Å². The molecule has 0 spiro atoms. The van der Waals surface area contributed by atoms with Gasteiger partial charge in [-0.1, -0.05) is 13.3 Å². The Bertz CT molecular complexity index is 713. The number of methoxy groups -OCH3 is 1. The van der Waals surface area contributed by atoms with Crippen LogP contribution < -0.4 is 15.7 Å². The van der Waals surface area contributed by atoms with E-state index in [1.807, 2.05) is 6.92 Å². The second-order valence-electron chi connectivity index (χ2n) is 5.39. The highest BCUT2D eigenvalue weighted by Gasteiger charge is 2.29. The van der Waals surface area contributed by atoms with Crippen molar-refractivity contribution in [2.24, 2.45) is 4.99 Å². The predicted octanol–water partition coefficient (Wildman–Crippen LogP) is 1.71. The molecule has 0 fully saturated rings. The minimum absolute atomic E-state index is 0.140. The first kappa shape index (κ1) is 18.3. The lowest BCUT2D eigenvalue weighted by Crippen LogP contribution is -2.37. The number of Topliss-reactive ketones (excluding diaryl/α,β-unsaturated/α-hetero) is 1. The van der Waals surface area contributed by atoms with Crippen molar-refractivity contribution in [3.05, 3.63) is 28.3 Å². The van der Waals surface area contributed by atoms with Crippen molar-refractivity contribution < 1.29 is 18.7 Å². The van der Waals surface area contributed by atoms with E-state index in [1.165, 1.54) is 31.9 Å². The summed E-state index contributed by atoms with van der Waals surface area (Å²) in [6.45, 7) is 3.39. The summed E-state index contributed by atoms with van der Waals surface area (Å²) >= 11 is 1.28. The SMILES string of the molecule is CCC[C@@H](NC(=O)[C@@H]1CSC(C(C)=O)=N1)c1cc(OC)cc(=O)o1. The maximum Gasteiger partial charge on any atom is 0.339 e. The van der Waals surface area contributed by atoms with E-state index in [2.05, 4.69) is 10.3 Å². The average molecular weight is 352 g/mol. The number of rotatable bonds is 7. The molecule has 1 aliphatic rings. The molecule has 2 rings (SSSR count). The summed E-state index contributed by atoms with van der Waals surface area (Å²) in [4.78, 5) is 39.5. The van der Waals surface area contributed by atoms with Gasteiger partial charge in [-0.25, -0.2) is 4.79 Å². The van der Waals surface area contributed by atoms with Crippen molar-refractivity contribution in [3.8, 4) is 5.75 Å². The van der Waals surface area contributed by atoms with Crippen LogP contribution in [-0.4, -0.2) is 35.6 Å². The van der Waals surface area contributed by atoms with E-state index in [4.69, 9.17) is 9.15 Å². The number of nitrogens with one attached hydrogen (secondary N) is 1. The number of ether oxygens (including phenoxy) is 1. The molecule has 0 bridgehead atoms. The van der Waals surface area contributed by atoms with E-state index in [0.717, 1.165) is 6.42 Å². The number of carbonyl (C=O) groups is 2. The van der Waals surface area contributed by atoms with Gasteiger partial charge in [0.2, 0.25) is 5.91 Å². The molecule has 0 aromatic carbocycles. The first-order valence-electron chi connectivity index (χ1n) is 7.65. The molecule has 130 valence electrons. The molecular formula is C16H20N2O5S. The second-order valence-corrected chi connectivity index (χ2v) is 6.39. The van der Waals surface area contributed by atoms with Crippen LogP contribution in [0.5, 0.6) is 5.75 Å². The first-order chi connectivity index (χ1) is 11.4. The van der Waals surface area contributed by atoms with Gasteiger partial charge in [0.15, 0.2) is 5.78 Å². The first-order valence-corrected chi connectivity index (χ1v) is 8.64. The van der Waals surface area contributed by atoms with Crippen molar-refractivity contribution in [1.82, 2.24) is 5.32 Å². The van der Waals surface area contributed by atoms with Gasteiger partial charge in [-0.15, -0.1) is 11.8 Å². The molecular weight excluding hydrogens is 332 g/mol. The molecule has 0 unspecified atom stereocenters. The van der Waals surface area contributed by atoms with Gasteiger partial charge in [0.25, 0.3) is 0 Å². The van der Waals surface area contributed by atoms with Crippen LogP contribution in [0.1, 0.15) is 38.5 Å². The Morgan fingerprint density at radius 3 is 2.83 bits per heavy atom. The van der Waals surface area contributed by atoms with E-state index in [9.17, 15) is 14.4 Å². The normalized spacial score (nSPS) is 18.0. The number of ketones is 1. The fraction of sp³-hybridized carbons (Fsp3) is 0.500. The fourth-order valence-electron chi connectivity index (χ4n) is 2.31. The molecule has 0 radical (unpaired) electrons. The zero-order valence-corrected chi connectivity index (χ0v) is 14.6. The maximum absolute atomic E-state index is 12.4. The van der Waals surface area contributed by atoms with Crippen LogP contribution in [0.25, 0.3) is 0 Å². The van der Waals surface area contributed by atoms with Gasteiger partial charge in [0.1, 0.15) is 22.6 Å². The Morgan fingerprint density at radius 1 is 1.50 bits per heavy atom. The molecule has 1 aliphatic heterocycles. The van der Waals surface area contributed by atoms with Gasteiger partial charge in [0, 0.05) is 18.7 Å². The van der Waals surface area contributed by atoms with E-state index >= 15 is 0 Å². The highest BCUT2D eigenvalue weighted by atomic mass is 32.2. The number of hydrogen-bond donors (Lipinski definition) is 1. The third-order valence-electron chi connectivity index (χ3n) is 3.49. The zero-order chi connectivity index (χ0) is 17.7. The molecule has 1 amide bonds. The van der Waals surface area contributed by atoms with Gasteiger partial charge in [-0.3, -0.25) is 14.6 Å². The lowest BCUT2D eigenvalue weighted by atomic mass is 10.1. The Hall–Kier alpha value is -2.09. The maximum atomic E-state index is 12.4. The topological polar surface area (TPSA) is 98.0 Å². The van der Waals surface area contributed by atoms with Crippen molar-refractivity contribution in [2.75, 3.05) is 12.9 Å². The van der Waals surface area contributed by atoms with Crippen molar-refractivity contribution in [1.29, 1.82) is 0 Å². The minimum atomic E-state index is -0.606. The molecule has 1 N–H and O–H groups in total. The molecule has 8 heteroatoms. The summed E-state index contributed by atoms with van der Waals surface area (Å²) < 4.78 is 10.3. The Morgan fingerprint density at radius 2 is 2.25 bits per heavy atom. The summed E-state index contributed by atoms with van der Waals surface area (Å²) in [7, 11) is 1.46. The molecule has 0 aliphatic carbocycles. The van der Waals surface area contributed by atoms with Crippen molar-refractivity contribution in [3.63, 3.8) is 0 Å².